The average Bonchev–Trinajstić information content (AvgIpc) is 2.95. The van der Waals surface area contributed by atoms with Crippen LogP contribution in [0.3, 0.4) is 0 Å². The number of hydrogen-bond acceptors (Lipinski definition) is 3. The van der Waals surface area contributed by atoms with Gasteiger partial charge < -0.3 is 10.1 Å². The molecule has 152 valence electrons. The highest BCUT2D eigenvalue weighted by Crippen LogP contribution is 2.32. The SMILES string of the molecule is Cc1cccc(Oc2c(CCC(=O)NC(C)C)c(C)nn2-c2ccccc2C)c1. The van der Waals surface area contributed by atoms with Crippen molar-refractivity contribution in [3.05, 3.63) is 70.9 Å². The summed E-state index contributed by atoms with van der Waals surface area (Å²) in [5.41, 5.74) is 5.02. The van der Waals surface area contributed by atoms with E-state index in [0.717, 1.165) is 33.8 Å². The number of nitrogens with zero attached hydrogens (tertiary/aromatic N) is 2. The van der Waals surface area contributed by atoms with E-state index in [4.69, 9.17) is 9.84 Å². The van der Waals surface area contributed by atoms with Crippen LogP contribution in [0.4, 0.5) is 0 Å². The molecule has 1 aromatic heterocycles. The van der Waals surface area contributed by atoms with Crippen molar-refractivity contribution >= 4 is 5.91 Å². The van der Waals surface area contributed by atoms with Crippen molar-refractivity contribution in [3.8, 4) is 17.3 Å². The van der Waals surface area contributed by atoms with Gasteiger partial charge in [-0.15, -0.1) is 0 Å². The van der Waals surface area contributed by atoms with E-state index in [9.17, 15) is 4.79 Å². The number of carbonyl (C=O) groups is 1. The smallest absolute Gasteiger partial charge is 0.226 e. The Bertz CT molecular complexity index is 1010. The Balaban J connectivity index is 2.00. The summed E-state index contributed by atoms with van der Waals surface area (Å²) in [6.07, 6.45) is 0.958. The molecule has 0 spiro atoms. The number of para-hydroxylation sites is 1. The number of amides is 1. The molecule has 0 saturated carbocycles. The molecule has 3 rings (SSSR count). The lowest BCUT2D eigenvalue weighted by atomic mass is 10.1. The molecular formula is C24H29N3O2. The number of nitrogens with one attached hydrogen (secondary N) is 1. The van der Waals surface area contributed by atoms with Crippen molar-refractivity contribution in [3.63, 3.8) is 0 Å². The zero-order valence-electron chi connectivity index (χ0n) is 17.8. The molecular weight excluding hydrogens is 362 g/mol. The Hall–Kier alpha value is -3.08. The number of hydrogen-bond donors (Lipinski definition) is 1. The maximum Gasteiger partial charge on any atom is 0.226 e. The Kier molecular flexibility index (Phi) is 6.37. The molecule has 5 heteroatoms. The monoisotopic (exact) mass is 391 g/mol. The van der Waals surface area contributed by atoms with Crippen LogP contribution in [0.15, 0.2) is 48.5 Å². The van der Waals surface area contributed by atoms with Crippen LogP contribution in [0.1, 0.15) is 42.7 Å². The number of rotatable bonds is 7. The largest absolute Gasteiger partial charge is 0.439 e. The van der Waals surface area contributed by atoms with E-state index in [1.165, 1.54) is 0 Å². The second-order valence-corrected chi connectivity index (χ2v) is 7.71. The van der Waals surface area contributed by atoms with Gasteiger partial charge in [0, 0.05) is 18.0 Å². The van der Waals surface area contributed by atoms with Crippen LogP contribution in [0.2, 0.25) is 0 Å². The molecule has 1 N–H and O–H groups in total. The molecule has 0 atom stereocenters. The second kappa shape index (κ2) is 8.95. The molecule has 3 aromatic rings. The van der Waals surface area contributed by atoms with Gasteiger partial charge in [-0.05, 0) is 70.4 Å². The normalized spacial score (nSPS) is 11.0. The van der Waals surface area contributed by atoms with E-state index in [-0.39, 0.29) is 11.9 Å². The predicted molar refractivity (Wildman–Crippen MR) is 116 cm³/mol. The quantitative estimate of drug-likeness (QED) is 0.613. The standard InChI is InChI=1S/C24H29N3O2/c1-16(2)25-23(28)14-13-21-19(5)26-27(22-12-7-6-10-18(22)4)24(21)29-20-11-8-9-17(3)15-20/h6-12,15-16H,13-14H2,1-5H3,(H,25,28). The fraction of sp³-hybridized carbons (Fsp3) is 0.333. The van der Waals surface area contributed by atoms with Gasteiger partial charge in [-0.25, -0.2) is 0 Å². The fourth-order valence-electron chi connectivity index (χ4n) is 3.32. The first-order valence-electron chi connectivity index (χ1n) is 10.0. The summed E-state index contributed by atoms with van der Waals surface area (Å²) in [5, 5.41) is 7.71. The van der Waals surface area contributed by atoms with Gasteiger partial charge >= 0.3 is 0 Å². The summed E-state index contributed by atoms with van der Waals surface area (Å²) in [4.78, 5) is 12.2. The summed E-state index contributed by atoms with van der Waals surface area (Å²) in [6.45, 7) is 9.98. The molecule has 1 amide bonds. The summed E-state index contributed by atoms with van der Waals surface area (Å²) >= 11 is 0. The molecule has 29 heavy (non-hydrogen) atoms. The van der Waals surface area contributed by atoms with E-state index >= 15 is 0 Å². The second-order valence-electron chi connectivity index (χ2n) is 7.71. The van der Waals surface area contributed by atoms with Gasteiger partial charge in [-0.1, -0.05) is 30.3 Å². The molecule has 0 aliphatic rings. The highest BCUT2D eigenvalue weighted by atomic mass is 16.5. The predicted octanol–water partition coefficient (Wildman–Crippen LogP) is 5.05. The van der Waals surface area contributed by atoms with E-state index in [0.29, 0.717) is 18.7 Å². The summed E-state index contributed by atoms with van der Waals surface area (Å²) in [7, 11) is 0. The van der Waals surface area contributed by atoms with Crippen molar-refractivity contribution < 1.29 is 9.53 Å². The highest BCUT2D eigenvalue weighted by molar-refractivity contribution is 5.76. The van der Waals surface area contributed by atoms with Gasteiger partial charge in [0.05, 0.1) is 11.4 Å². The lowest BCUT2D eigenvalue weighted by Gasteiger charge is -2.13. The first-order valence-corrected chi connectivity index (χ1v) is 10.0. The third kappa shape index (κ3) is 5.05. The number of ether oxygens (including phenoxy) is 1. The van der Waals surface area contributed by atoms with Crippen LogP contribution in [-0.4, -0.2) is 21.7 Å². The lowest BCUT2D eigenvalue weighted by molar-refractivity contribution is -0.121. The van der Waals surface area contributed by atoms with Gasteiger partial charge in [0.2, 0.25) is 11.8 Å². The number of aromatic nitrogens is 2. The molecule has 0 aliphatic carbocycles. The van der Waals surface area contributed by atoms with Gasteiger partial charge in [0.15, 0.2) is 0 Å². The lowest BCUT2D eigenvalue weighted by Crippen LogP contribution is -2.30. The number of benzene rings is 2. The minimum atomic E-state index is 0.0320. The van der Waals surface area contributed by atoms with Gasteiger partial charge in [0.1, 0.15) is 5.75 Å². The Morgan fingerprint density at radius 2 is 1.86 bits per heavy atom. The van der Waals surface area contributed by atoms with Crippen LogP contribution >= 0.6 is 0 Å². The molecule has 0 aliphatic heterocycles. The average molecular weight is 392 g/mol. The van der Waals surface area contributed by atoms with Crippen LogP contribution in [0.5, 0.6) is 11.6 Å². The van der Waals surface area contributed by atoms with Crippen molar-refractivity contribution in [1.29, 1.82) is 0 Å². The first kappa shape index (κ1) is 20.6. The van der Waals surface area contributed by atoms with E-state index < -0.39 is 0 Å². The third-order valence-corrected chi connectivity index (χ3v) is 4.74. The summed E-state index contributed by atoms with van der Waals surface area (Å²) < 4.78 is 8.18. The van der Waals surface area contributed by atoms with Gasteiger partial charge in [0.25, 0.3) is 0 Å². The minimum Gasteiger partial charge on any atom is -0.439 e. The van der Waals surface area contributed by atoms with Gasteiger partial charge in [-0.3, -0.25) is 4.79 Å². The van der Waals surface area contributed by atoms with Crippen LogP contribution < -0.4 is 10.1 Å². The van der Waals surface area contributed by atoms with Crippen molar-refractivity contribution in [2.45, 2.75) is 53.5 Å². The summed E-state index contributed by atoms with van der Waals surface area (Å²) in [5.74, 6) is 1.46. The molecule has 0 radical (unpaired) electrons. The van der Waals surface area contributed by atoms with Crippen molar-refractivity contribution in [1.82, 2.24) is 15.1 Å². The maximum absolute atomic E-state index is 12.2. The zero-order chi connectivity index (χ0) is 21.0. The van der Waals surface area contributed by atoms with E-state index in [2.05, 4.69) is 18.3 Å². The van der Waals surface area contributed by atoms with E-state index in [1.54, 1.807) is 0 Å². The Morgan fingerprint density at radius 1 is 1.10 bits per heavy atom. The number of aryl methyl sites for hydroxylation is 3. The minimum absolute atomic E-state index is 0.0320. The maximum atomic E-state index is 12.2. The Morgan fingerprint density at radius 3 is 2.55 bits per heavy atom. The molecule has 0 saturated heterocycles. The highest BCUT2D eigenvalue weighted by Gasteiger charge is 2.20. The van der Waals surface area contributed by atoms with Crippen molar-refractivity contribution in [2.75, 3.05) is 0 Å². The molecule has 0 unspecified atom stereocenters. The van der Waals surface area contributed by atoms with Crippen LogP contribution in [0, 0.1) is 20.8 Å². The topological polar surface area (TPSA) is 56.1 Å². The first-order chi connectivity index (χ1) is 13.8. The molecule has 2 aromatic carbocycles. The molecule has 0 fully saturated rings. The summed E-state index contributed by atoms with van der Waals surface area (Å²) in [6, 6.07) is 16.2. The van der Waals surface area contributed by atoms with Crippen LogP contribution in [0.25, 0.3) is 5.69 Å². The number of carbonyl (C=O) groups excluding carboxylic acids is 1. The molecule has 5 nitrogen and oxygen atoms in total. The third-order valence-electron chi connectivity index (χ3n) is 4.74. The zero-order valence-corrected chi connectivity index (χ0v) is 17.8. The molecule has 0 bridgehead atoms. The van der Waals surface area contributed by atoms with E-state index in [1.807, 2.05) is 74.8 Å². The van der Waals surface area contributed by atoms with Gasteiger partial charge in [-0.2, -0.15) is 9.78 Å². The van der Waals surface area contributed by atoms with Crippen LogP contribution in [-0.2, 0) is 11.2 Å². The van der Waals surface area contributed by atoms with Crippen molar-refractivity contribution in [2.24, 2.45) is 0 Å². The fourth-order valence-corrected chi connectivity index (χ4v) is 3.32. The molecule has 1 heterocycles. The Labute approximate surface area is 172 Å².